The van der Waals surface area contributed by atoms with E-state index in [-0.39, 0.29) is 30.6 Å². The topological polar surface area (TPSA) is 79.0 Å². The molecule has 0 aliphatic carbocycles. The van der Waals surface area contributed by atoms with Gasteiger partial charge in [0.05, 0.1) is 24.3 Å². The zero-order valence-corrected chi connectivity index (χ0v) is 18.2. The van der Waals surface area contributed by atoms with Gasteiger partial charge in [0, 0.05) is 12.2 Å². The third kappa shape index (κ3) is 5.00. The molecule has 1 N–H and O–H groups in total. The van der Waals surface area contributed by atoms with Gasteiger partial charge in [0.15, 0.2) is 5.11 Å². The molecule has 2 aromatic rings. The molecule has 3 rings (SSSR count). The summed E-state index contributed by atoms with van der Waals surface area (Å²) in [6.45, 7) is 5.95. The lowest BCUT2D eigenvalue weighted by molar-refractivity contribution is -0.124. The second-order valence-electron chi connectivity index (χ2n) is 6.94. The molecule has 0 saturated carbocycles. The van der Waals surface area contributed by atoms with Crippen LogP contribution >= 0.6 is 12.2 Å². The molecule has 1 aliphatic rings. The van der Waals surface area contributed by atoms with Gasteiger partial charge in [-0.2, -0.15) is 0 Å². The number of esters is 1. The zero-order chi connectivity index (χ0) is 23.3. The molecule has 0 spiro atoms. The average molecular weight is 456 g/mol. The van der Waals surface area contributed by atoms with E-state index in [2.05, 4.69) is 11.9 Å². The summed E-state index contributed by atoms with van der Waals surface area (Å²) in [5, 5.41) is 2.89. The molecule has 0 aromatic heterocycles. The number of thiocarbonyl (C=S) groups is 1. The largest absolute Gasteiger partial charge is 0.462 e. The van der Waals surface area contributed by atoms with Crippen LogP contribution in [0.4, 0.5) is 15.8 Å². The van der Waals surface area contributed by atoms with Crippen molar-refractivity contribution in [1.29, 1.82) is 0 Å². The maximum Gasteiger partial charge on any atom is 0.338 e. The number of rotatable bonds is 8. The third-order valence-corrected chi connectivity index (χ3v) is 5.20. The SMILES string of the molecule is C=CCN1C(=S)N(c2ccc(C(=O)OCC)cc2)C(=O)C1CC(=O)Nc1ccc(F)cc1. The molecular weight excluding hydrogens is 433 g/mol. The number of amides is 2. The lowest BCUT2D eigenvalue weighted by atomic mass is 10.1. The van der Waals surface area contributed by atoms with Crippen molar-refractivity contribution >= 4 is 46.5 Å². The molecule has 0 bridgehead atoms. The smallest absolute Gasteiger partial charge is 0.338 e. The summed E-state index contributed by atoms with van der Waals surface area (Å²) >= 11 is 5.50. The van der Waals surface area contributed by atoms with Crippen molar-refractivity contribution in [2.24, 2.45) is 0 Å². The van der Waals surface area contributed by atoms with Gasteiger partial charge in [0.25, 0.3) is 5.91 Å². The Morgan fingerprint density at radius 2 is 1.84 bits per heavy atom. The van der Waals surface area contributed by atoms with Gasteiger partial charge in [-0.1, -0.05) is 6.08 Å². The molecule has 1 unspecified atom stereocenters. The van der Waals surface area contributed by atoms with E-state index in [1.165, 1.54) is 29.2 Å². The van der Waals surface area contributed by atoms with E-state index in [0.29, 0.717) is 16.9 Å². The lowest BCUT2D eigenvalue weighted by Gasteiger charge is -2.22. The predicted molar refractivity (Wildman–Crippen MR) is 123 cm³/mol. The Balaban J connectivity index is 1.78. The maximum absolute atomic E-state index is 13.2. The van der Waals surface area contributed by atoms with Crippen molar-refractivity contribution in [2.75, 3.05) is 23.4 Å². The number of benzene rings is 2. The fourth-order valence-corrected chi connectivity index (χ4v) is 3.70. The summed E-state index contributed by atoms with van der Waals surface area (Å²) in [5.74, 6) is -1.65. The number of nitrogens with zero attached hydrogens (tertiary/aromatic N) is 2. The summed E-state index contributed by atoms with van der Waals surface area (Å²) in [6.07, 6.45) is 1.44. The molecular formula is C23H22FN3O4S. The highest BCUT2D eigenvalue weighted by molar-refractivity contribution is 7.80. The number of ether oxygens (including phenoxy) is 1. The molecule has 166 valence electrons. The number of carbonyl (C=O) groups excluding carboxylic acids is 3. The fraction of sp³-hybridized carbons (Fsp3) is 0.217. The van der Waals surface area contributed by atoms with E-state index in [9.17, 15) is 18.8 Å². The summed E-state index contributed by atoms with van der Waals surface area (Å²) in [6, 6.07) is 10.8. The summed E-state index contributed by atoms with van der Waals surface area (Å²) in [7, 11) is 0. The van der Waals surface area contributed by atoms with Crippen LogP contribution < -0.4 is 10.2 Å². The highest BCUT2D eigenvalue weighted by Gasteiger charge is 2.43. The minimum Gasteiger partial charge on any atom is -0.462 e. The Morgan fingerprint density at radius 1 is 1.19 bits per heavy atom. The van der Waals surface area contributed by atoms with E-state index >= 15 is 0 Å². The molecule has 7 nitrogen and oxygen atoms in total. The first-order chi connectivity index (χ1) is 15.3. The van der Waals surface area contributed by atoms with Crippen molar-refractivity contribution in [1.82, 2.24) is 4.90 Å². The minimum absolute atomic E-state index is 0.151. The molecule has 1 atom stereocenters. The molecule has 1 fully saturated rings. The number of hydrogen-bond acceptors (Lipinski definition) is 5. The summed E-state index contributed by atoms with van der Waals surface area (Å²) < 4.78 is 18.0. The van der Waals surface area contributed by atoms with Gasteiger partial charge in [0.1, 0.15) is 11.9 Å². The predicted octanol–water partition coefficient (Wildman–Crippen LogP) is 3.52. The molecule has 1 heterocycles. The highest BCUT2D eigenvalue weighted by atomic mass is 32.1. The maximum atomic E-state index is 13.2. The van der Waals surface area contributed by atoms with E-state index in [1.807, 2.05) is 0 Å². The first kappa shape index (κ1) is 23.1. The van der Waals surface area contributed by atoms with E-state index in [1.54, 1.807) is 42.2 Å². The quantitative estimate of drug-likeness (QED) is 0.373. The second kappa shape index (κ2) is 10.1. The molecule has 0 radical (unpaired) electrons. The Hall–Kier alpha value is -3.59. The second-order valence-corrected chi connectivity index (χ2v) is 7.30. The first-order valence-corrected chi connectivity index (χ1v) is 10.3. The van der Waals surface area contributed by atoms with E-state index in [4.69, 9.17) is 17.0 Å². The van der Waals surface area contributed by atoms with Gasteiger partial charge in [-0.25, -0.2) is 9.18 Å². The number of nitrogens with one attached hydrogen (secondary N) is 1. The number of hydrogen-bond donors (Lipinski definition) is 1. The first-order valence-electron chi connectivity index (χ1n) is 9.93. The molecule has 32 heavy (non-hydrogen) atoms. The van der Waals surface area contributed by atoms with Crippen molar-refractivity contribution in [3.63, 3.8) is 0 Å². The van der Waals surface area contributed by atoms with Crippen molar-refractivity contribution < 1.29 is 23.5 Å². The Bertz CT molecular complexity index is 1040. The van der Waals surface area contributed by atoms with E-state index < -0.39 is 23.7 Å². The molecule has 1 saturated heterocycles. The monoisotopic (exact) mass is 455 g/mol. The highest BCUT2D eigenvalue weighted by Crippen LogP contribution is 2.28. The van der Waals surface area contributed by atoms with E-state index in [0.717, 1.165) is 0 Å². The molecule has 9 heteroatoms. The Kier molecular flexibility index (Phi) is 7.32. The summed E-state index contributed by atoms with van der Waals surface area (Å²) in [4.78, 5) is 40.6. The minimum atomic E-state index is -0.828. The van der Waals surface area contributed by atoms with Gasteiger partial charge in [-0.3, -0.25) is 14.5 Å². The molecule has 1 aliphatic heterocycles. The Labute approximate surface area is 190 Å². The normalized spacial score (nSPS) is 15.6. The van der Waals surface area contributed by atoms with Crippen molar-refractivity contribution in [2.45, 2.75) is 19.4 Å². The van der Waals surface area contributed by atoms with Crippen LogP contribution in [0.2, 0.25) is 0 Å². The van der Waals surface area contributed by atoms with Gasteiger partial charge in [0.2, 0.25) is 5.91 Å². The van der Waals surface area contributed by atoms with Crippen LogP contribution in [-0.4, -0.2) is 47.0 Å². The third-order valence-electron chi connectivity index (χ3n) is 4.79. The Morgan fingerprint density at radius 3 is 2.44 bits per heavy atom. The zero-order valence-electron chi connectivity index (χ0n) is 17.4. The van der Waals surface area contributed by atoms with Gasteiger partial charge in [-0.05, 0) is 67.7 Å². The van der Waals surface area contributed by atoms with Crippen LogP contribution in [0.1, 0.15) is 23.7 Å². The van der Waals surface area contributed by atoms with Crippen LogP contribution in [0.15, 0.2) is 61.2 Å². The van der Waals surface area contributed by atoms with Crippen LogP contribution in [0.3, 0.4) is 0 Å². The van der Waals surface area contributed by atoms with Gasteiger partial charge < -0.3 is 15.0 Å². The molecule has 2 amide bonds. The summed E-state index contributed by atoms with van der Waals surface area (Å²) in [5.41, 5.74) is 1.25. The van der Waals surface area contributed by atoms with Crippen LogP contribution in [0.5, 0.6) is 0 Å². The van der Waals surface area contributed by atoms with Crippen molar-refractivity contribution in [3.8, 4) is 0 Å². The molecule has 2 aromatic carbocycles. The fourth-order valence-electron chi connectivity index (χ4n) is 3.30. The number of anilines is 2. The number of halogens is 1. The van der Waals surface area contributed by atoms with Crippen LogP contribution in [0.25, 0.3) is 0 Å². The van der Waals surface area contributed by atoms with Crippen LogP contribution in [-0.2, 0) is 14.3 Å². The van der Waals surface area contributed by atoms with Crippen LogP contribution in [0, 0.1) is 5.82 Å². The lowest BCUT2D eigenvalue weighted by Crippen LogP contribution is -2.37. The number of carbonyl (C=O) groups is 3. The van der Waals surface area contributed by atoms with Gasteiger partial charge in [-0.15, -0.1) is 6.58 Å². The standard InChI is InChI=1S/C23H22FN3O4S/c1-3-13-26-19(14-20(28)25-17-9-7-16(24)8-10-17)21(29)27(23(26)32)18-11-5-15(6-12-18)22(30)31-4-2/h3,5-12,19H,1,4,13-14H2,2H3,(H,25,28). The van der Waals surface area contributed by atoms with Gasteiger partial charge >= 0.3 is 5.97 Å². The van der Waals surface area contributed by atoms with Crippen molar-refractivity contribution in [3.05, 3.63) is 72.6 Å². The average Bonchev–Trinajstić information content (AvgIpc) is 3.00.